The van der Waals surface area contributed by atoms with Gasteiger partial charge in [0.2, 0.25) is 0 Å². The van der Waals surface area contributed by atoms with E-state index in [0.29, 0.717) is 23.1 Å². The number of anilines is 1. The van der Waals surface area contributed by atoms with Crippen LogP contribution in [-0.4, -0.2) is 18.8 Å². The van der Waals surface area contributed by atoms with Gasteiger partial charge in [0.05, 0.1) is 17.7 Å². The van der Waals surface area contributed by atoms with E-state index in [1.54, 1.807) is 0 Å². The van der Waals surface area contributed by atoms with Gasteiger partial charge in [0.15, 0.2) is 0 Å². The third-order valence-electron chi connectivity index (χ3n) is 5.29. The Morgan fingerprint density at radius 3 is 2.57 bits per heavy atom. The van der Waals surface area contributed by atoms with E-state index in [1.807, 2.05) is 24.3 Å². The second-order valence-corrected chi connectivity index (χ2v) is 6.36. The average molecular weight is 284 g/mol. The molecule has 0 amide bonds. The van der Waals surface area contributed by atoms with Crippen molar-refractivity contribution in [2.75, 3.05) is 11.9 Å². The zero-order chi connectivity index (χ0) is 14.7. The molecule has 0 aliphatic heterocycles. The zero-order valence-corrected chi connectivity index (χ0v) is 12.8. The van der Waals surface area contributed by atoms with E-state index < -0.39 is 0 Å². The number of hydrogen-bond donors (Lipinski definition) is 1. The number of rotatable bonds is 4. The van der Waals surface area contributed by atoms with Crippen molar-refractivity contribution < 1.29 is 4.74 Å². The molecule has 112 valence electrons. The largest absolute Gasteiger partial charge is 0.382 e. The van der Waals surface area contributed by atoms with Crippen LogP contribution < -0.4 is 5.32 Å². The smallest absolute Gasteiger partial charge is 0.0991 e. The Bertz CT molecular complexity index is 511. The Balaban J connectivity index is 1.71. The van der Waals surface area contributed by atoms with Crippen LogP contribution in [0.1, 0.15) is 51.0 Å². The van der Waals surface area contributed by atoms with E-state index >= 15 is 0 Å². The number of ether oxygens (including phenoxy) is 1. The normalized spacial score (nSPS) is 26.9. The van der Waals surface area contributed by atoms with E-state index in [4.69, 9.17) is 10.00 Å². The number of hydrogen-bond acceptors (Lipinski definition) is 3. The lowest BCUT2D eigenvalue weighted by molar-refractivity contribution is -0.134. The van der Waals surface area contributed by atoms with Crippen molar-refractivity contribution in [1.82, 2.24) is 0 Å². The summed E-state index contributed by atoms with van der Waals surface area (Å²) >= 11 is 0. The van der Waals surface area contributed by atoms with Crippen LogP contribution in [-0.2, 0) is 4.74 Å². The molecule has 1 aromatic rings. The highest BCUT2D eigenvalue weighted by molar-refractivity contribution is 5.49. The molecule has 3 nitrogen and oxygen atoms in total. The summed E-state index contributed by atoms with van der Waals surface area (Å²) in [7, 11) is 0. The van der Waals surface area contributed by atoms with Gasteiger partial charge >= 0.3 is 0 Å². The van der Waals surface area contributed by atoms with Crippen LogP contribution in [0.4, 0.5) is 5.69 Å². The van der Waals surface area contributed by atoms with Crippen LogP contribution in [0.5, 0.6) is 0 Å². The molecule has 2 saturated carbocycles. The highest BCUT2D eigenvalue weighted by Crippen LogP contribution is 2.54. The first-order valence-corrected chi connectivity index (χ1v) is 8.17. The molecule has 2 unspecified atom stereocenters. The van der Waals surface area contributed by atoms with Crippen molar-refractivity contribution >= 4 is 5.69 Å². The predicted molar refractivity (Wildman–Crippen MR) is 84.1 cm³/mol. The average Bonchev–Trinajstić information content (AvgIpc) is 2.55. The molecule has 1 N–H and O–H groups in total. The summed E-state index contributed by atoms with van der Waals surface area (Å²) in [5.74, 6) is 0. The van der Waals surface area contributed by atoms with E-state index in [-0.39, 0.29) is 0 Å². The SMILES string of the molecule is CCOC1CC(Nc2ccc(C#N)cc2)C12CCCCC2. The number of nitriles is 1. The van der Waals surface area contributed by atoms with Gasteiger partial charge in [0.25, 0.3) is 0 Å². The Hall–Kier alpha value is -1.53. The molecule has 2 atom stereocenters. The Kier molecular flexibility index (Phi) is 4.17. The zero-order valence-electron chi connectivity index (χ0n) is 12.8. The van der Waals surface area contributed by atoms with Crippen molar-refractivity contribution in [3.8, 4) is 6.07 Å². The molecule has 1 spiro atoms. The molecule has 3 rings (SSSR count). The fourth-order valence-electron chi connectivity index (χ4n) is 4.11. The lowest BCUT2D eigenvalue weighted by Gasteiger charge is -2.58. The molecule has 2 fully saturated rings. The van der Waals surface area contributed by atoms with Crippen LogP contribution >= 0.6 is 0 Å². The topological polar surface area (TPSA) is 45.0 Å². The summed E-state index contributed by atoms with van der Waals surface area (Å²) in [6.07, 6.45) is 8.12. The fourth-order valence-corrected chi connectivity index (χ4v) is 4.11. The highest BCUT2D eigenvalue weighted by atomic mass is 16.5. The summed E-state index contributed by atoms with van der Waals surface area (Å²) in [4.78, 5) is 0. The maximum atomic E-state index is 8.87. The second kappa shape index (κ2) is 6.07. The number of nitrogens with one attached hydrogen (secondary N) is 1. The van der Waals surface area contributed by atoms with Gasteiger partial charge in [-0.2, -0.15) is 5.26 Å². The molecule has 1 aromatic carbocycles. The molecule has 0 heterocycles. The van der Waals surface area contributed by atoms with Crippen molar-refractivity contribution in [3.63, 3.8) is 0 Å². The fraction of sp³-hybridized carbons (Fsp3) is 0.611. The Labute approximate surface area is 127 Å². The van der Waals surface area contributed by atoms with E-state index in [2.05, 4.69) is 18.3 Å². The van der Waals surface area contributed by atoms with Crippen LogP contribution in [0.3, 0.4) is 0 Å². The molecule has 2 aliphatic carbocycles. The maximum absolute atomic E-state index is 8.87. The monoisotopic (exact) mass is 284 g/mol. The molecule has 3 heteroatoms. The van der Waals surface area contributed by atoms with Crippen LogP contribution in [0.15, 0.2) is 24.3 Å². The first kappa shape index (κ1) is 14.4. The third-order valence-corrected chi connectivity index (χ3v) is 5.29. The number of benzene rings is 1. The maximum Gasteiger partial charge on any atom is 0.0991 e. The lowest BCUT2D eigenvalue weighted by Crippen LogP contribution is -2.62. The molecule has 0 bridgehead atoms. The molecule has 0 aromatic heterocycles. The van der Waals surface area contributed by atoms with Crippen molar-refractivity contribution in [1.29, 1.82) is 5.26 Å². The summed E-state index contributed by atoms with van der Waals surface area (Å²) in [5.41, 5.74) is 2.18. The molecule has 0 saturated heterocycles. The van der Waals surface area contributed by atoms with Crippen LogP contribution in [0, 0.1) is 16.7 Å². The molecule has 2 aliphatic rings. The summed E-state index contributed by atoms with van der Waals surface area (Å²) < 4.78 is 5.99. The second-order valence-electron chi connectivity index (χ2n) is 6.36. The third kappa shape index (κ3) is 2.65. The van der Waals surface area contributed by atoms with Gasteiger partial charge in [0, 0.05) is 23.8 Å². The van der Waals surface area contributed by atoms with Crippen LogP contribution in [0.25, 0.3) is 0 Å². The van der Waals surface area contributed by atoms with Crippen molar-refractivity contribution in [2.24, 2.45) is 5.41 Å². The first-order valence-electron chi connectivity index (χ1n) is 8.17. The molecular formula is C18H24N2O. The summed E-state index contributed by atoms with van der Waals surface area (Å²) in [6, 6.07) is 10.5. The van der Waals surface area contributed by atoms with Crippen molar-refractivity contribution in [3.05, 3.63) is 29.8 Å². The van der Waals surface area contributed by atoms with E-state index in [1.165, 1.54) is 32.1 Å². The van der Waals surface area contributed by atoms with E-state index in [0.717, 1.165) is 18.7 Å². The van der Waals surface area contributed by atoms with Gasteiger partial charge in [-0.1, -0.05) is 19.3 Å². The van der Waals surface area contributed by atoms with Gasteiger partial charge in [-0.3, -0.25) is 0 Å². The number of nitrogens with zero attached hydrogens (tertiary/aromatic N) is 1. The van der Waals surface area contributed by atoms with Gasteiger partial charge in [0.1, 0.15) is 0 Å². The molecule has 21 heavy (non-hydrogen) atoms. The lowest BCUT2D eigenvalue weighted by atomic mass is 9.55. The van der Waals surface area contributed by atoms with Gasteiger partial charge in [-0.25, -0.2) is 0 Å². The minimum atomic E-state index is 0.335. The standard InChI is InChI=1S/C18H24N2O/c1-2-21-17-12-16(18(17)10-4-3-5-11-18)20-15-8-6-14(13-19)7-9-15/h6-9,16-17,20H,2-5,10-12H2,1H3. The summed E-state index contributed by atoms with van der Waals surface area (Å²) in [6.45, 7) is 2.91. The van der Waals surface area contributed by atoms with Gasteiger partial charge < -0.3 is 10.1 Å². The minimum Gasteiger partial charge on any atom is -0.382 e. The van der Waals surface area contributed by atoms with Gasteiger partial charge in [-0.05, 0) is 50.5 Å². The highest BCUT2D eigenvalue weighted by Gasteiger charge is 2.55. The minimum absolute atomic E-state index is 0.335. The first-order chi connectivity index (χ1) is 10.3. The van der Waals surface area contributed by atoms with Crippen LogP contribution in [0.2, 0.25) is 0 Å². The van der Waals surface area contributed by atoms with Gasteiger partial charge in [-0.15, -0.1) is 0 Å². The molecular weight excluding hydrogens is 260 g/mol. The summed E-state index contributed by atoms with van der Waals surface area (Å²) in [5, 5.41) is 12.6. The van der Waals surface area contributed by atoms with Crippen molar-refractivity contribution in [2.45, 2.75) is 57.6 Å². The Morgan fingerprint density at radius 1 is 1.24 bits per heavy atom. The Morgan fingerprint density at radius 2 is 1.95 bits per heavy atom. The predicted octanol–water partition coefficient (Wildman–Crippen LogP) is 4.10. The van der Waals surface area contributed by atoms with E-state index in [9.17, 15) is 0 Å². The quantitative estimate of drug-likeness (QED) is 0.905. The molecule has 0 radical (unpaired) electrons.